The van der Waals surface area contributed by atoms with Gasteiger partial charge in [0.25, 0.3) is 0 Å². The molecule has 2 aromatic rings. The van der Waals surface area contributed by atoms with Gasteiger partial charge in [-0.05, 0) is 24.6 Å². The van der Waals surface area contributed by atoms with Gasteiger partial charge in [-0.3, -0.25) is 4.68 Å². The third-order valence-electron chi connectivity index (χ3n) is 3.86. The third-order valence-corrected chi connectivity index (χ3v) is 3.86. The molecule has 1 aromatic carbocycles. The molecule has 3 rings (SSSR count). The lowest BCUT2D eigenvalue weighted by Gasteiger charge is -2.43. The Morgan fingerprint density at radius 1 is 1.42 bits per heavy atom. The molecule has 0 aliphatic carbocycles. The molecule has 5 heteroatoms. The van der Waals surface area contributed by atoms with Gasteiger partial charge < -0.3 is 5.32 Å². The van der Waals surface area contributed by atoms with Gasteiger partial charge >= 0.3 is 0 Å². The normalized spacial score (nSPS) is 17.2. The van der Waals surface area contributed by atoms with Crippen LogP contribution in [0.3, 0.4) is 0 Å². The van der Waals surface area contributed by atoms with Crippen molar-refractivity contribution in [1.29, 1.82) is 0 Å². The molecule has 1 aliphatic heterocycles. The van der Waals surface area contributed by atoms with Gasteiger partial charge in [-0.2, -0.15) is 5.10 Å². The maximum absolute atomic E-state index is 13.4. The fourth-order valence-corrected chi connectivity index (χ4v) is 2.67. The summed E-state index contributed by atoms with van der Waals surface area (Å²) in [7, 11) is 0. The van der Waals surface area contributed by atoms with Gasteiger partial charge in [0.1, 0.15) is 18.0 Å². The number of hydrogen-bond donors (Lipinski definition) is 1. The van der Waals surface area contributed by atoms with E-state index in [1.165, 1.54) is 6.07 Å². The van der Waals surface area contributed by atoms with Crippen molar-refractivity contribution in [1.82, 2.24) is 20.1 Å². The largest absolute Gasteiger partial charge is 0.315 e. The Labute approximate surface area is 111 Å². The van der Waals surface area contributed by atoms with Crippen LogP contribution in [0.5, 0.6) is 0 Å². The SMILES string of the molecule is CCn1ncnc1CC1(c2cccc(F)c2)CNC1. The van der Waals surface area contributed by atoms with Crippen LogP contribution in [0.1, 0.15) is 18.3 Å². The van der Waals surface area contributed by atoms with E-state index in [1.807, 2.05) is 17.7 Å². The van der Waals surface area contributed by atoms with Crippen molar-refractivity contribution in [3.8, 4) is 0 Å². The van der Waals surface area contributed by atoms with Crippen molar-refractivity contribution >= 4 is 0 Å². The van der Waals surface area contributed by atoms with Crippen molar-refractivity contribution < 1.29 is 4.39 Å². The molecule has 1 N–H and O–H groups in total. The van der Waals surface area contributed by atoms with Gasteiger partial charge in [0, 0.05) is 31.5 Å². The zero-order valence-corrected chi connectivity index (χ0v) is 10.9. The van der Waals surface area contributed by atoms with Crippen LogP contribution in [-0.4, -0.2) is 27.9 Å². The summed E-state index contributed by atoms with van der Waals surface area (Å²) < 4.78 is 15.3. The Kier molecular flexibility index (Phi) is 3.06. The minimum atomic E-state index is -0.180. The Morgan fingerprint density at radius 2 is 2.26 bits per heavy atom. The first-order valence-corrected chi connectivity index (χ1v) is 6.57. The van der Waals surface area contributed by atoms with E-state index in [1.54, 1.807) is 18.5 Å². The third kappa shape index (κ3) is 2.14. The van der Waals surface area contributed by atoms with Crippen LogP contribution in [0.15, 0.2) is 30.6 Å². The van der Waals surface area contributed by atoms with Crippen LogP contribution in [0.2, 0.25) is 0 Å². The van der Waals surface area contributed by atoms with Crippen LogP contribution in [0.4, 0.5) is 4.39 Å². The van der Waals surface area contributed by atoms with Crippen molar-refractivity contribution in [2.24, 2.45) is 0 Å². The summed E-state index contributed by atoms with van der Waals surface area (Å²) in [5, 5.41) is 7.49. The predicted octanol–water partition coefficient (Wildman–Crippen LogP) is 1.52. The fourth-order valence-electron chi connectivity index (χ4n) is 2.67. The smallest absolute Gasteiger partial charge is 0.138 e. The molecule has 19 heavy (non-hydrogen) atoms. The van der Waals surface area contributed by atoms with Gasteiger partial charge in [0.15, 0.2) is 0 Å². The summed E-state index contributed by atoms with van der Waals surface area (Å²) in [6.07, 6.45) is 2.38. The highest BCUT2D eigenvalue weighted by Gasteiger charge is 2.40. The average molecular weight is 260 g/mol. The molecular formula is C14H17FN4. The van der Waals surface area contributed by atoms with Crippen molar-refractivity contribution in [3.63, 3.8) is 0 Å². The van der Waals surface area contributed by atoms with Crippen molar-refractivity contribution in [2.75, 3.05) is 13.1 Å². The summed E-state index contributed by atoms with van der Waals surface area (Å²) in [5.74, 6) is 0.786. The van der Waals surface area contributed by atoms with E-state index >= 15 is 0 Å². The van der Waals surface area contributed by atoms with Gasteiger partial charge in [0.2, 0.25) is 0 Å². The summed E-state index contributed by atoms with van der Waals surface area (Å²) in [6.45, 7) is 4.56. The molecule has 1 aliphatic rings. The number of nitrogens with zero attached hydrogens (tertiary/aromatic N) is 3. The number of rotatable bonds is 4. The van der Waals surface area contributed by atoms with Crippen molar-refractivity contribution in [2.45, 2.75) is 25.3 Å². The number of hydrogen-bond acceptors (Lipinski definition) is 3. The Balaban J connectivity index is 1.92. The van der Waals surface area contributed by atoms with E-state index in [-0.39, 0.29) is 11.2 Å². The maximum atomic E-state index is 13.4. The lowest BCUT2D eigenvalue weighted by molar-refractivity contribution is 0.265. The van der Waals surface area contributed by atoms with Gasteiger partial charge in [0.05, 0.1) is 0 Å². The van der Waals surface area contributed by atoms with E-state index in [2.05, 4.69) is 15.4 Å². The average Bonchev–Trinajstić information content (AvgIpc) is 2.80. The summed E-state index contributed by atoms with van der Waals surface area (Å²) in [6, 6.07) is 6.89. The summed E-state index contributed by atoms with van der Waals surface area (Å²) in [5.41, 5.74) is 0.985. The minimum Gasteiger partial charge on any atom is -0.315 e. The topological polar surface area (TPSA) is 42.7 Å². The standard InChI is InChI=1S/C14H17FN4/c1-2-19-13(17-10-18-19)7-14(8-16-9-14)11-4-3-5-12(15)6-11/h3-6,10,16H,2,7-9H2,1H3. The molecule has 0 bridgehead atoms. The molecule has 4 nitrogen and oxygen atoms in total. The predicted molar refractivity (Wildman–Crippen MR) is 70.3 cm³/mol. The second-order valence-electron chi connectivity index (χ2n) is 5.06. The Bertz CT molecular complexity index is 574. The maximum Gasteiger partial charge on any atom is 0.138 e. The van der Waals surface area contributed by atoms with Gasteiger partial charge in [-0.15, -0.1) is 0 Å². The van der Waals surface area contributed by atoms with E-state index in [0.717, 1.165) is 37.4 Å². The highest BCUT2D eigenvalue weighted by Crippen LogP contribution is 2.32. The minimum absolute atomic E-state index is 0.0535. The molecule has 2 heterocycles. The molecule has 0 unspecified atom stereocenters. The molecule has 0 amide bonds. The van der Waals surface area contributed by atoms with Crippen LogP contribution in [-0.2, 0) is 18.4 Å². The van der Waals surface area contributed by atoms with Crippen LogP contribution < -0.4 is 5.32 Å². The lowest BCUT2D eigenvalue weighted by Crippen LogP contribution is -2.58. The first-order chi connectivity index (χ1) is 9.23. The van der Waals surface area contributed by atoms with E-state index in [0.29, 0.717) is 0 Å². The molecule has 1 saturated heterocycles. The number of nitrogens with one attached hydrogen (secondary N) is 1. The zero-order valence-electron chi connectivity index (χ0n) is 10.9. The van der Waals surface area contributed by atoms with Crippen LogP contribution in [0.25, 0.3) is 0 Å². The molecule has 100 valence electrons. The van der Waals surface area contributed by atoms with Crippen LogP contribution >= 0.6 is 0 Å². The summed E-state index contributed by atoms with van der Waals surface area (Å²) >= 11 is 0. The van der Waals surface area contributed by atoms with E-state index < -0.39 is 0 Å². The second-order valence-corrected chi connectivity index (χ2v) is 5.06. The summed E-state index contributed by atoms with van der Waals surface area (Å²) in [4.78, 5) is 4.33. The molecule has 0 saturated carbocycles. The monoisotopic (exact) mass is 260 g/mol. The van der Waals surface area contributed by atoms with Crippen LogP contribution in [0, 0.1) is 5.82 Å². The number of aromatic nitrogens is 3. The fraction of sp³-hybridized carbons (Fsp3) is 0.429. The highest BCUT2D eigenvalue weighted by atomic mass is 19.1. The molecule has 0 radical (unpaired) electrons. The number of halogens is 1. The molecule has 1 fully saturated rings. The Hall–Kier alpha value is -1.75. The van der Waals surface area contributed by atoms with E-state index in [4.69, 9.17) is 0 Å². The lowest BCUT2D eigenvalue weighted by atomic mass is 9.72. The van der Waals surface area contributed by atoms with Gasteiger partial charge in [-0.25, -0.2) is 9.37 Å². The molecule has 0 spiro atoms. The zero-order chi connectivity index (χ0) is 13.3. The Morgan fingerprint density at radius 3 is 2.89 bits per heavy atom. The quantitative estimate of drug-likeness (QED) is 0.906. The van der Waals surface area contributed by atoms with Crippen molar-refractivity contribution in [3.05, 3.63) is 47.8 Å². The first-order valence-electron chi connectivity index (χ1n) is 6.57. The highest BCUT2D eigenvalue weighted by molar-refractivity contribution is 5.31. The number of aryl methyl sites for hydroxylation is 1. The molecule has 0 atom stereocenters. The van der Waals surface area contributed by atoms with E-state index in [9.17, 15) is 4.39 Å². The molecule has 1 aromatic heterocycles. The second kappa shape index (κ2) is 4.74. The number of benzene rings is 1. The first kappa shape index (κ1) is 12.3. The van der Waals surface area contributed by atoms with Gasteiger partial charge in [-0.1, -0.05) is 12.1 Å². The molecular weight excluding hydrogens is 243 g/mol.